The third-order valence-corrected chi connectivity index (χ3v) is 0.694. The van der Waals surface area contributed by atoms with Crippen LogP contribution in [0, 0.1) is 0 Å². The van der Waals surface area contributed by atoms with E-state index in [9.17, 15) is 9.18 Å². The first-order valence-electron chi connectivity index (χ1n) is 2.73. The highest BCUT2D eigenvalue weighted by Gasteiger charge is 1.83. The van der Waals surface area contributed by atoms with E-state index in [0.29, 0.717) is 13.6 Å². The first-order valence-corrected chi connectivity index (χ1v) is 2.73. The SMILES string of the molecule is CF.CN(C)CCC=O. The Labute approximate surface area is 55.7 Å². The van der Waals surface area contributed by atoms with Gasteiger partial charge in [-0.15, -0.1) is 0 Å². The van der Waals surface area contributed by atoms with Gasteiger partial charge in [-0.25, -0.2) is 0 Å². The summed E-state index contributed by atoms with van der Waals surface area (Å²) in [6.07, 6.45) is 1.58. The predicted octanol–water partition coefficient (Wildman–Crippen LogP) is 0.723. The lowest BCUT2D eigenvalue weighted by atomic mass is 10.4. The Morgan fingerprint density at radius 2 is 1.89 bits per heavy atom. The molecule has 56 valence electrons. The van der Waals surface area contributed by atoms with Gasteiger partial charge in [0.15, 0.2) is 0 Å². The fourth-order valence-electron chi connectivity index (χ4n) is 0.311. The highest BCUT2D eigenvalue weighted by molar-refractivity contribution is 5.49. The molecule has 0 bridgehead atoms. The summed E-state index contributed by atoms with van der Waals surface area (Å²) in [6.45, 7) is 0.865. The molecule has 0 saturated heterocycles. The van der Waals surface area contributed by atoms with Crippen molar-refractivity contribution in [2.75, 3.05) is 27.8 Å². The molecule has 0 aromatic heterocycles. The van der Waals surface area contributed by atoms with E-state index in [1.807, 2.05) is 19.0 Å². The van der Waals surface area contributed by atoms with Crippen LogP contribution in [0.25, 0.3) is 0 Å². The fourth-order valence-corrected chi connectivity index (χ4v) is 0.311. The summed E-state index contributed by atoms with van der Waals surface area (Å²) in [4.78, 5) is 11.7. The van der Waals surface area contributed by atoms with E-state index < -0.39 is 0 Å². The van der Waals surface area contributed by atoms with Crippen LogP contribution in [0.3, 0.4) is 0 Å². The molecule has 3 heteroatoms. The van der Waals surface area contributed by atoms with Gasteiger partial charge in [0, 0.05) is 13.0 Å². The Morgan fingerprint density at radius 3 is 2.00 bits per heavy atom. The highest BCUT2D eigenvalue weighted by atomic mass is 19.1. The van der Waals surface area contributed by atoms with Crippen molar-refractivity contribution in [3.8, 4) is 0 Å². The zero-order valence-electron chi connectivity index (χ0n) is 6.22. The summed E-state index contributed by atoms with van der Waals surface area (Å²) in [5.41, 5.74) is 0. The van der Waals surface area contributed by atoms with Crippen LogP contribution in [0.4, 0.5) is 4.39 Å². The lowest BCUT2D eigenvalue weighted by Crippen LogP contribution is -2.12. The van der Waals surface area contributed by atoms with Crippen LogP contribution < -0.4 is 0 Å². The summed E-state index contributed by atoms with van der Waals surface area (Å²) >= 11 is 0. The maximum atomic E-state index is 9.68. The van der Waals surface area contributed by atoms with Gasteiger partial charge in [0.05, 0.1) is 7.18 Å². The lowest BCUT2D eigenvalue weighted by Gasteiger charge is -2.03. The molecule has 0 atom stereocenters. The average Bonchev–Trinajstić information content (AvgIpc) is 1.88. The standard InChI is InChI=1S/C5H11NO.CH3F/c1-6(2)4-3-5-7;1-2/h5H,3-4H2,1-2H3;1H3. The average molecular weight is 135 g/mol. The van der Waals surface area contributed by atoms with Crippen LogP contribution >= 0.6 is 0 Å². The van der Waals surface area contributed by atoms with Crippen LogP contribution in [0.5, 0.6) is 0 Å². The number of rotatable bonds is 3. The molecule has 0 N–H and O–H groups in total. The van der Waals surface area contributed by atoms with Gasteiger partial charge >= 0.3 is 0 Å². The molecular weight excluding hydrogens is 121 g/mol. The number of halogens is 1. The molecule has 0 aliphatic rings. The van der Waals surface area contributed by atoms with E-state index in [1.54, 1.807) is 0 Å². The molecule has 0 spiro atoms. The Bertz CT molecular complexity index is 57.0. The minimum atomic E-state index is 0.500. The van der Waals surface area contributed by atoms with Crippen molar-refractivity contribution in [2.45, 2.75) is 6.42 Å². The third kappa shape index (κ3) is 18.4. The van der Waals surface area contributed by atoms with E-state index in [1.165, 1.54) is 0 Å². The lowest BCUT2D eigenvalue weighted by molar-refractivity contribution is -0.108. The van der Waals surface area contributed by atoms with Gasteiger partial charge in [-0.3, -0.25) is 4.39 Å². The second kappa shape index (κ2) is 10.5. The molecule has 0 aliphatic heterocycles. The monoisotopic (exact) mass is 135 g/mol. The molecule has 2 nitrogen and oxygen atoms in total. The highest BCUT2D eigenvalue weighted by Crippen LogP contribution is 1.74. The molecule has 0 aromatic carbocycles. The first-order chi connectivity index (χ1) is 4.27. The van der Waals surface area contributed by atoms with Crippen LogP contribution in [0.2, 0.25) is 0 Å². The normalized spacial score (nSPS) is 8.11. The van der Waals surface area contributed by atoms with Gasteiger partial charge < -0.3 is 9.69 Å². The second-order valence-corrected chi connectivity index (χ2v) is 1.76. The van der Waals surface area contributed by atoms with Gasteiger partial charge in [-0.05, 0) is 14.1 Å². The molecule has 0 unspecified atom stereocenters. The molecule has 0 amide bonds. The Hall–Kier alpha value is -0.440. The smallest absolute Gasteiger partial charge is 0.121 e. The predicted molar refractivity (Wildman–Crippen MR) is 36.3 cm³/mol. The molecule has 0 aromatic rings. The van der Waals surface area contributed by atoms with E-state index in [0.717, 1.165) is 12.8 Å². The van der Waals surface area contributed by atoms with Crippen LogP contribution in [0.1, 0.15) is 6.42 Å². The number of carbonyl (C=O) groups is 1. The first kappa shape index (κ1) is 11.4. The number of alkyl halides is 1. The van der Waals surface area contributed by atoms with E-state index >= 15 is 0 Å². The molecule has 0 heterocycles. The van der Waals surface area contributed by atoms with E-state index in [2.05, 4.69) is 0 Å². The summed E-state index contributed by atoms with van der Waals surface area (Å²) in [7, 11) is 4.40. The zero-order valence-corrected chi connectivity index (χ0v) is 6.22. The summed E-state index contributed by atoms with van der Waals surface area (Å²) in [5, 5.41) is 0. The van der Waals surface area contributed by atoms with Crippen molar-refractivity contribution in [1.29, 1.82) is 0 Å². The Kier molecular flexibility index (Phi) is 13.3. The van der Waals surface area contributed by atoms with Crippen molar-refractivity contribution < 1.29 is 9.18 Å². The number of carbonyl (C=O) groups excluding carboxylic acids is 1. The van der Waals surface area contributed by atoms with Crippen molar-refractivity contribution >= 4 is 6.29 Å². The van der Waals surface area contributed by atoms with Crippen molar-refractivity contribution in [2.24, 2.45) is 0 Å². The van der Waals surface area contributed by atoms with Crippen molar-refractivity contribution in [3.63, 3.8) is 0 Å². The summed E-state index contributed by atoms with van der Waals surface area (Å²) in [5.74, 6) is 0. The Balaban J connectivity index is 0. The topological polar surface area (TPSA) is 20.3 Å². The van der Waals surface area contributed by atoms with Gasteiger partial charge in [0.25, 0.3) is 0 Å². The van der Waals surface area contributed by atoms with E-state index in [-0.39, 0.29) is 0 Å². The van der Waals surface area contributed by atoms with Crippen LogP contribution in [0.15, 0.2) is 0 Å². The van der Waals surface area contributed by atoms with Crippen molar-refractivity contribution in [3.05, 3.63) is 0 Å². The molecule has 0 fully saturated rings. The number of hydrogen-bond donors (Lipinski definition) is 0. The molecule has 0 saturated carbocycles. The minimum absolute atomic E-state index is 0.500. The number of aldehydes is 1. The molecular formula is C6H14FNO. The summed E-state index contributed by atoms with van der Waals surface area (Å²) < 4.78 is 9.50. The molecule has 9 heavy (non-hydrogen) atoms. The van der Waals surface area contributed by atoms with Gasteiger partial charge in [0.1, 0.15) is 6.29 Å². The van der Waals surface area contributed by atoms with Gasteiger partial charge in [-0.2, -0.15) is 0 Å². The molecule has 0 rings (SSSR count). The Morgan fingerprint density at radius 1 is 1.44 bits per heavy atom. The number of hydrogen-bond acceptors (Lipinski definition) is 2. The molecule has 0 aliphatic carbocycles. The van der Waals surface area contributed by atoms with E-state index in [4.69, 9.17) is 0 Å². The maximum absolute atomic E-state index is 9.68. The number of nitrogens with zero attached hydrogens (tertiary/aromatic N) is 1. The quantitative estimate of drug-likeness (QED) is 0.531. The van der Waals surface area contributed by atoms with Gasteiger partial charge in [0.2, 0.25) is 0 Å². The summed E-state index contributed by atoms with van der Waals surface area (Å²) in [6, 6.07) is 0. The minimum Gasteiger partial charge on any atom is -0.309 e. The van der Waals surface area contributed by atoms with Crippen LogP contribution in [-0.4, -0.2) is 39.0 Å². The van der Waals surface area contributed by atoms with Gasteiger partial charge in [-0.1, -0.05) is 0 Å². The molecule has 0 radical (unpaired) electrons. The third-order valence-electron chi connectivity index (χ3n) is 0.694. The second-order valence-electron chi connectivity index (χ2n) is 1.76. The zero-order chi connectivity index (χ0) is 7.70. The largest absolute Gasteiger partial charge is 0.309 e. The maximum Gasteiger partial charge on any atom is 0.121 e. The fraction of sp³-hybridized carbons (Fsp3) is 0.833. The van der Waals surface area contributed by atoms with Crippen molar-refractivity contribution in [1.82, 2.24) is 4.90 Å². The van der Waals surface area contributed by atoms with Crippen LogP contribution in [-0.2, 0) is 4.79 Å².